The van der Waals surface area contributed by atoms with E-state index in [9.17, 15) is 9.90 Å². The van der Waals surface area contributed by atoms with Crippen LogP contribution in [0.25, 0.3) is 0 Å². The van der Waals surface area contributed by atoms with Gasteiger partial charge in [-0.2, -0.15) is 0 Å². The van der Waals surface area contributed by atoms with E-state index in [1.807, 2.05) is 13.0 Å². The van der Waals surface area contributed by atoms with Crippen LogP contribution in [0.15, 0.2) is 18.3 Å². The first-order valence-electron chi connectivity index (χ1n) is 5.68. The van der Waals surface area contributed by atoms with Gasteiger partial charge in [0.25, 0.3) is 5.91 Å². The molecule has 0 saturated carbocycles. The van der Waals surface area contributed by atoms with Crippen molar-refractivity contribution in [3.8, 4) is 0 Å². The Kier molecular flexibility index (Phi) is 4.90. The van der Waals surface area contributed by atoms with Crippen LogP contribution in [0, 0.1) is 0 Å². The molecule has 5 heteroatoms. The van der Waals surface area contributed by atoms with Crippen molar-refractivity contribution in [2.24, 2.45) is 0 Å². The van der Waals surface area contributed by atoms with Gasteiger partial charge in [-0.15, -0.1) is 0 Å². The maximum Gasteiger partial charge on any atom is 0.272 e. The molecule has 0 fully saturated rings. The minimum atomic E-state index is -0.541. The fourth-order valence-corrected chi connectivity index (χ4v) is 1.54. The zero-order chi connectivity index (χ0) is 12.8. The molecule has 1 rings (SSSR count). The highest BCUT2D eigenvalue weighted by Gasteiger charge is 2.14. The molecule has 0 saturated heterocycles. The molecule has 0 aromatic carbocycles. The summed E-state index contributed by atoms with van der Waals surface area (Å²) < 4.78 is 0. The van der Waals surface area contributed by atoms with Crippen molar-refractivity contribution in [3.05, 3.63) is 24.0 Å². The Morgan fingerprint density at radius 1 is 1.65 bits per heavy atom. The number of carbonyl (C=O) groups excluding carboxylic acids is 1. The first kappa shape index (κ1) is 13.4. The van der Waals surface area contributed by atoms with Crippen molar-refractivity contribution in [3.63, 3.8) is 0 Å². The summed E-state index contributed by atoms with van der Waals surface area (Å²) in [6.07, 6.45) is 1.06. The van der Waals surface area contributed by atoms with Crippen LogP contribution in [-0.2, 0) is 0 Å². The number of nitrogens with one attached hydrogen (secondary N) is 1. The fraction of sp³-hybridized carbons (Fsp3) is 0.500. The van der Waals surface area contributed by atoms with E-state index in [0.717, 1.165) is 12.2 Å². The number of amides is 1. The SMILES string of the molecule is CCNc1ccnc(C(=O)N(C)CC(C)O)c1. The van der Waals surface area contributed by atoms with Crippen molar-refractivity contribution in [2.75, 3.05) is 25.5 Å². The Balaban J connectivity index is 2.77. The molecule has 1 aromatic rings. The van der Waals surface area contributed by atoms with E-state index in [1.54, 1.807) is 26.2 Å². The number of pyridine rings is 1. The molecule has 17 heavy (non-hydrogen) atoms. The van der Waals surface area contributed by atoms with Crippen LogP contribution < -0.4 is 5.32 Å². The minimum absolute atomic E-state index is 0.189. The van der Waals surface area contributed by atoms with Crippen LogP contribution in [0.5, 0.6) is 0 Å². The largest absolute Gasteiger partial charge is 0.392 e. The third kappa shape index (κ3) is 4.03. The first-order chi connectivity index (χ1) is 8.04. The first-order valence-corrected chi connectivity index (χ1v) is 5.68. The lowest BCUT2D eigenvalue weighted by atomic mass is 10.2. The molecule has 1 atom stereocenters. The molecule has 5 nitrogen and oxygen atoms in total. The van der Waals surface area contributed by atoms with Crippen LogP contribution in [0.2, 0.25) is 0 Å². The molecule has 0 spiro atoms. The van der Waals surface area contributed by atoms with Crippen LogP contribution in [-0.4, -0.2) is 47.1 Å². The molecule has 1 heterocycles. The predicted molar refractivity (Wildman–Crippen MR) is 67.0 cm³/mol. The monoisotopic (exact) mass is 237 g/mol. The molecule has 1 unspecified atom stereocenters. The molecule has 0 aliphatic rings. The second-order valence-corrected chi connectivity index (χ2v) is 3.99. The van der Waals surface area contributed by atoms with E-state index in [4.69, 9.17) is 0 Å². The quantitative estimate of drug-likeness (QED) is 0.800. The number of anilines is 1. The Labute approximate surface area is 101 Å². The van der Waals surface area contributed by atoms with Crippen LogP contribution in [0.1, 0.15) is 24.3 Å². The van der Waals surface area contributed by atoms with Gasteiger partial charge in [-0.05, 0) is 26.0 Å². The number of aromatic nitrogens is 1. The molecule has 2 N–H and O–H groups in total. The van der Waals surface area contributed by atoms with Crippen molar-refractivity contribution >= 4 is 11.6 Å². The molecule has 0 bridgehead atoms. The lowest BCUT2D eigenvalue weighted by molar-refractivity contribution is 0.0698. The third-order valence-corrected chi connectivity index (χ3v) is 2.24. The van der Waals surface area contributed by atoms with Crippen molar-refractivity contribution in [1.82, 2.24) is 9.88 Å². The summed E-state index contributed by atoms with van der Waals surface area (Å²) in [6.45, 7) is 4.72. The summed E-state index contributed by atoms with van der Waals surface area (Å²) in [7, 11) is 1.65. The smallest absolute Gasteiger partial charge is 0.272 e. The van der Waals surface area contributed by atoms with Gasteiger partial charge < -0.3 is 15.3 Å². The summed E-state index contributed by atoms with van der Waals surface area (Å²) >= 11 is 0. The molecular weight excluding hydrogens is 218 g/mol. The van der Waals surface area contributed by atoms with E-state index in [0.29, 0.717) is 12.2 Å². The van der Waals surface area contributed by atoms with E-state index in [2.05, 4.69) is 10.3 Å². The Hall–Kier alpha value is -1.62. The van der Waals surface area contributed by atoms with Gasteiger partial charge in [0.05, 0.1) is 6.10 Å². The van der Waals surface area contributed by atoms with Gasteiger partial charge in [-0.25, -0.2) is 0 Å². The maximum atomic E-state index is 12.0. The van der Waals surface area contributed by atoms with Crippen molar-refractivity contribution < 1.29 is 9.90 Å². The molecule has 0 aliphatic heterocycles. The predicted octanol–water partition coefficient (Wildman–Crippen LogP) is 0.966. The van der Waals surface area contributed by atoms with Gasteiger partial charge in [0.15, 0.2) is 0 Å². The number of hydrogen-bond acceptors (Lipinski definition) is 4. The van der Waals surface area contributed by atoms with Gasteiger partial charge in [0, 0.05) is 32.0 Å². The number of hydrogen-bond donors (Lipinski definition) is 2. The number of carbonyl (C=O) groups is 1. The highest BCUT2D eigenvalue weighted by Crippen LogP contribution is 2.09. The molecule has 0 aliphatic carbocycles. The second kappa shape index (κ2) is 6.20. The van der Waals surface area contributed by atoms with Crippen LogP contribution in [0.3, 0.4) is 0 Å². The van der Waals surface area contributed by atoms with Crippen molar-refractivity contribution in [2.45, 2.75) is 20.0 Å². The average molecular weight is 237 g/mol. The van der Waals surface area contributed by atoms with Gasteiger partial charge in [-0.1, -0.05) is 0 Å². The fourth-order valence-electron chi connectivity index (χ4n) is 1.54. The Morgan fingerprint density at radius 2 is 2.35 bits per heavy atom. The topological polar surface area (TPSA) is 65.5 Å². The standard InChI is InChI=1S/C12H19N3O2/c1-4-13-10-5-6-14-11(7-10)12(17)15(3)8-9(2)16/h5-7,9,16H,4,8H2,1-3H3,(H,13,14). The second-order valence-electron chi connectivity index (χ2n) is 3.99. The minimum Gasteiger partial charge on any atom is -0.392 e. The van der Waals surface area contributed by atoms with E-state index >= 15 is 0 Å². The number of nitrogens with zero attached hydrogens (tertiary/aromatic N) is 2. The molecular formula is C12H19N3O2. The van der Waals surface area contributed by atoms with Crippen molar-refractivity contribution in [1.29, 1.82) is 0 Å². The molecule has 1 amide bonds. The Bertz CT molecular complexity index is 380. The third-order valence-electron chi connectivity index (χ3n) is 2.24. The Morgan fingerprint density at radius 3 is 2.94 bits per heavy atom. The molecule has 0 radical (unpaired) electrons. The lowest BCUT2D eigenvalue weighted by Crippen LogP contribution is -2.33. The zero-order valence-corrected chi connectivity index (χ0v) is 10.5. The van der Waals surface area contributed by atoms with Crippen LogP contribution >= 0.6 is 0 Å². The zero-order valence-electron chi connectivity index (χ0n) is 10.5. The summed E-state index contributed by atoms with van der Waals surface area (Å²) in [5.41, 5.74) is 1.25. The normalized spacial score (nSPS) is 12.0. The van der Waals surface area contributed by atoms with Gasteiger partial charge in [-0.3, -0.25) is 9.78 Å². The number of rotatable bonds is 5. The summed E-state index contributed by atoms with van der Waals surface area (Å²) in [4.78, 5) is 17.5. The highest BCUT2D eigenvalue weighted by atomic mass is 16.3. The summed E-state index contributed by atoms with van der Waals surface area (Å²) in [5, 5.41) is 12.4. The van der Waals surface area contributed by atoms with Gasteiger partial charge >= 0.3 is 0 Å². The van der Waals surface area contributed by atoms with Gasteiger partial charge in [0.1, 0.15) is 5.69 Å². The molecule has 1 aromatic heterocycles. The molecule has 94 valence electrons. The summed E-state index contributed by atoms with van der Waals surface area (Å²) in [5.74, 6) is -0.189. The van der Waals surface area contributed by atoms with Crippen LogP contribution in [0.4, 0.5) is 5.69 Å². The van der Waals surface area contributed by atoms with E-state index in [1.165, 1.54) is 4.90 Å². The number of aliphatic hydroxyl groups excluding tert-OH is 1. The average Bonchev–Trinajstić information content (AvgIpc) is 2.28. The van der Waals surface area contributed by atoms with E-state index in [-0.39, 0.29) is 5.91 Å². The lowest BCUT2D eigenvalue weighted by Gasteiger charge is -2.18. The van der Waals surface area contributed by atoms with E-state index < -0.39 is 6.10 Å². The summed E-state index contributed by atoms with van der Waals surface area (Å²) in [6, 6.07) is 3.53. The maximum absolute atomic E-state index is 12.0. The van der Waals surface area contributed by atoms with Gasteiger partial charge in [0.2, 0.25) is 0 Å². The number of likely N-dealkylation sites (N-methyl/N-ethyl adjacent to an activating group) is 1. The number of aliphatic hydroxyl groups is 1. The highest BCUT2D eigenvalue weighted by molar-refractivity contribution is 5.92.